The van der Waals surface area contributed by atoms with E-state index in [4.69, 9.17) is 6.57 Å². The lowest BCUT2D eigenvalue weighted by atomic mass is 9.87. The minimum Gasteiger partial charge on any atom is -0.308 e. The molecular weight excluding hydrogens is 332 g/mol. The minimum atomic E-state index is -0.340. The average molecular weight is 350 g/mol. The van der Waals surface area contributed by atoms with Gasteiger partial charge in [0.05, 0.1) is 12.1 Å². The molecule has 126 valence electrons. The summed E-state index contributed by atoms with van der Waals surface area (Å²) in [7, 11) is 0. The molecule has 0 unspecified atom stereocenters. The molecule has 0 fully saturated rings. The molecule has 2 aromatic carbocycles. The van der Waals surface area contributed by atoms with Crippen molar-refractivity contribution in [1.29, 1.82) is 0 Å². The number of carbonyl (C=O) groups is 1. The van der Waals surface area contributed by atoms with Crippen molar-refractivity contribution in [2.24, 2.45) is 0 Å². The molecule has 0 saturated carbocycles. The number of hydrogen-bond acceptors (Lipinski definition) is 3. The van der Waals surface area contributed by atoms with Crippen molar-refractivity contribution in [2.75, 3.05) is 10.6 Å². The van der Waals surface area contributed by atoms with Crippen LogP contribution in [-0.4, -0.2) is 11.0 Å². The summed E-state index contributed by atoms with van der Waals surface area (Å²) in [6.45, 7) is 13.5. The molecule has 1 aromatic heterocycles. The lowest BCUT2D eigenvalue weighted by Crippen LogP contribution is -2.19. The molecule has 0 aliphatic heterocycles. The van der Waals surface area contributed by atoms with Gasteiger partial charge in [0.15, 0.2) is 10.8 Å². The van der Waals surface area contributed by atoms with E-state index in [1.807, 2.05) is 24.3 Å². The number of nitrogens with zero attached hydrogens (tertiary/aromatic N) is 2. The van der Waals surface area contributed by atoms with E-state index in [-0.39, 0.29) is 11.4 Å². The van der Waals surface area contributed by atoms with Crippen LogP contribution < -0.4 is 10.6 Å². The van der Waals surface area contributed by atoms with Gasteiger partial charge in [-0.15, -0.1) is 0 Å². The minimum absolute atomic E-state index is 0.0754. The normalized spacial score (nSPS) is 11.1. The van der Waals surface area contributed by atoms with Gasteiger partial charge in [-0.2, -0.15) is 0 Å². The first-order valence-electron chi connectivity index (χ1n) is 7.82. The molecule has 5 nitrogen and oxygen atoms in total. The van der Waals surface area contributed by atoms with Gasteiger partial charge in [-0.25, -0.2) is 14.6 Å². The molecule has 2 N–H and O–H groups in total. The Kier molecular flexibility index (Phi) is 4.43. The van der Waals surface area contributed by atoms with E-state index in [2.05, 4.69) is 41.2 Å². The van der Waals surface area contributed by atoms with Gasteiger partial charge < -0.3 is 5.32 Å². The largest absolute Gasteiger partial charge is 0.325 e. The lowest BCUT2D eigenvalue weighted by Gasteiger charge is -2.19. The van der Waals surface area contributed by atoms with Gasteiger partial charge in [0.1, 0.15) is 0 Å². The van der Waals surface area contributed by atoms with Crippen LogP contribution in [-0.2, 0) is 5.41 Å². The van der Waals surface area contributed by atoms with Crippen LogP contribution in [0, 0.1) is 6.57 Å². The third-order valence-electron chi connectivity index (χ3n) is 3.73. The topological polar surface area (TPSA) is 58.4 Å². The molecule has 0 aliphatic rings. The van der Waals surface area contributed by atoms with E-state index in [0.29, 0.717) is 10.8 Å². The maximum atomic E-state index is 12.2. The number of benzene rings is 2. The second-order valence-corrected chi connectivity index (χ2v) is 7.72. The first kappa shape index (κ1) is 16.9. The summed E-state index contributed by atoms with van der Waals surface area (Å²) in [6, 6.07) is 12.7. The SMILES string of the molecule is [C-]#[N+]c1ccc2nc(NC(=O)Nc3ccc(C(C)(C)C)cc3)sc2c1. The summed E-state index contributed by atoms with van der Waals surface area (Å²) in [5.74, 6) is 0. The Morgan fingerprint density at radius 2 is 1.84 bits per heavy atom. The average Bonchev–Trinajstić information content (AvgIpc) is 2.95. The summed E-state index contributed by atoms with van der Waals surface area (Å²) in [5, 5.41) is 6.05. The van der Waals surface area contributed by atoms with E-state index in [1.165, 1.54) is 16.9 Å². The highest BCUT2D eigenvalue weighted by Gasteiger charge is 2.13. The van der Waals surface area contributed by atoms with Crippen molar-refractivity contribution in [3.63, 3.8) is 0 Å². The van der Waals surface area contributed by atoms with Crippen LogP contribution >= 0.6 is 11.3 Å². The van der Waals surface area contributed by atoms with Crippen molar-refractivity contribution < 1.29 is 4.79 Å². The summed E-state index contributed by atoms with van der Waals surface area (Å²) < 4.78 is 0.873. The second kappa shape index (κ2) is 6.54. The van der Waals surface area contributed by atoms with Gasteiger partial charge >= 0.3 is 6.03 Å². The lowest BCUT2D eigenvalue weighted by molar-refractivity contribution is 0.262. The monoisotopic (exact) mass is 350 g/mol. The first-order chi connectivity index (χ1) is 11.8. The second-order valence-electron chi connectivity index (χ2n) is 6.69. The Labute approximate surface area is 150 Å². The molecule has 1 heterocycles. The fourth-order valence-electron chi connectivity index (χ4n) is 2.35. The summed E-state index contributed by atoms with van der Waals surface area (Å²) in [5.41, 5.74) is 3.34. The van der Waals surface area contributed by atoms with E-state index >= 15 is 0 Å². The Hall–Kier alpha value is -2.91. The molecular formula is C19H18N4OS. The van der Waals surface area contributed by atoms with Crippen LogP contribution in [0.25, 0.3) is 15.1 Å². The number of anilines is 2. The van der Waals surface area contributed by atoms with E-state index in [1.54, 1.807) is 18.2 Å². The predicted molar refractivity (Wildman–Crippen MR) is 104 cm³/mol. The van der Waals surface area contributed by atoms with Crippen molar-refractivity contribution in [3.05, 3.63) is 59.4 Å². The number of amides is 2. The fourth-order valence-corrected chi connectivity index (χ4v) is 3.24. The Morgan fingerprint density at radius 1 is 1.12 bits per heavy atom. The maximum absolute atomic E-state index is 12.2. The number of urea groups is 1. The summed E-state index contributed by atoms with van der Waals surface area (Å²) >= 11 is 1.35. The predicted octanol–water partition coefficient (Wildman–Crippen LogP) is 5.79. The van der Waals surface area contributed by atoms with Crippen molar-refractivity contribution >= 4 is 44.1 Å². The number of nitrogens with one attached hydrogen (secondary N) is 2. The molecule has 0 radical (unpaired) electrons. The summed E-state index contributed by atoms with van der Waals surface area (Å²) in [4.78, 5) is 19.9. The van der Waals surface area contributed by atoms with Gasteiger partial charge in [0.25, 0.3) is 0 Å². The quantitative estimate of drug-likeness (QED) is 0.575. The fraction of sp³-hybridized carbons (Fsp3) is 0.211. The number of aromatic nitrogens is 1. The number of hydrogen-bond donors (Lipinski definition) is 2. The Balaban J connectivity index is 1.69. The molecule has 2 amide bonds. The zero-order valence-corrected chi connectivity index (χ0v) is 15.1. The van der Waals surface area contributed by atoms with Gasteiger partial charge in [0, 0.05) is 10.4 Å². The molecule has 3 rings (SSSR count). The zero-order valence-electron chi connectivity index (χ0n) is 14.3. The molecule has 25 heavy (non-hydrogen) atoms. The third kappa shape index (κ3) is 3.95. The van der Waals surface area contributed by atoms with Crippen LogP contribution in [0.3, 0.4) is 0 Å². The molecule has 6 heteroatoms. The van der Waals surface area contributed by atoms with Gasteiger partial charge in [0.2, 0.25) is 0 Å². The van der Waals surface area contributed by atoms with E-state index in [0.717, 1.165) is 15.9 Å². The van der Waals surface area contributed by atoms with Crippen molar-refractivity contribution in [2.45, 2.75) is 26.2 Å². The number of rotatable bonds is 2. The number of fused-ring (bicyclic) bond motifs is 1. The molecule has 0 saturated heterocycles. The van der Waals surface area contributed by atoms with Gasteiger partial charge in [-0.05, 0) is 35.2 Å². The van der Waals surface area contributed by atoms with Crippen LogP contribution in [0.4, 0.5) is 21.3 Å². The molecule has 0 spiro atoms. The highest BCUT2D eigenvalue weighted by atomic mass is 32.1. The standard InChI is InChI=1S/C19H18N4OS/c1-19(2,3)12-5-7-13(8-6-12)21-17(24)23-18-22-15-10-9-14(20-4)11-16(15)25-18/h5-11H,1-3H3,(H2,21,22,23,24). The van der Waals surface area contributed by atoms with Crippen molar-refractivity contribution in [1.82, 2.24) is 4.98 Å². The van der Waals surface area contributed by atoms with E-state index in [9.17, 15) is 4.79 Å². The molecule has 0 atom stereocenters. The van der Waals surface area contributed by atoms with Gasteiger partial charge in [-0.3, -0.25) is 5.32 Å². The molecule has 3 aromatic rings. The smallest absolute Gasteiger partial charge is 0.308 e. The van der Waals surface area contributed by atoms with Crippen molar-refractivity contribution in [3.8, 4) is 0 Å². The van der Waals surface area contributed by atoms with Crippen LogP contribution in [0.15, 0.2) is 42.5 Å². The number of thiazole rings is 1. The Morgan fingerprint density at radius 3 is 2.48 bits per heavy atom. The van der Waals surface area contributed by atoms with Gasteiger partial charge in [-0.1, -0.05) is 50.3 Å². The zero-order chi connectivity index (χ0) is 18.0. The van der Waals surface area contributed by atoms with Crippen LogP contribution in [0.2, 0.25) is 0 Å². The molecule has 0 bridgehead atoms. The highest BCUT2D eigenvalue weighted by molar-refractivity contribution is 7.22. The number of carbonyl (C=O) groups excluding carboxylic acids is 1. The molecule has 0 aliphatic carbocycles. The first-order valence-corrected chi connectivity index (χ1v) is 8.63. The third-order valence-corrected chi connectivity index (χ3v) is 4.66. The Bertz CT molecular complexity index is 962. The van der Waals surface area contributed by atoms with Crippen LogP contribution in [0.5, 0.6) is 0 Å². The summed E-state index contributed by atoms with van der Waals surface area (Å²) in [6.07, 6.45) is 0. The highest BCUT2D eigenvalue weighted by Crippen LogP contribution is 2.29. The van der Waals surface area contributed by atoms with E-state index < -0.39 is 0 Å². The maximum Gasteiger partial charge on any atom is 0.325 e. The van der Waals surface area contributed by atoms with Crippen LogP contribution in [0.1, 0.15) is 26.3 Å².